The van der Waals surface area contributed by atoms with Gasteiger partial charge in [-0.15, -0.1) is 0 Å². The summed E-state index contributed by atoms with van der Waals surface area (Å²) in [5.74, 6) is -0.695. The third-order valence-corrected chi connectivity index (χ3v) is 3.79. The zero-order valence-electron chi connectivity index (χ0n) is 12.1. The molecule has 5 heteroatoms. The number of carbonyl (C=O) groups excluding carboxylic acids is 2. The number of anilines is 1. The van der Waals surface area contributed by atoms with Crippen LogP contribution in [0.4, 0.5) is 5.82 Å². The molecule has 1 aromatic heterocycles. The number of nitrogens with zero attached hydrogens (tertiary/aromatic N) is 2. The maximum atomic E-state index is 12.1. The van der Waals surface area contributed by atoms with Crippen molar-refractivity contribution in [3.05, 3.63) is 23.9 Å². The topological polar surface area (TPSA) is 62.3 Å². The fourth-order valence-corrected chi connectivity index (χ4v) is 2.51. The minimum absolute atomic E-state index is 0.188. The maximum absolute atomic E-state index is 12.1. The van der Waals surface area contributed by atoms with Crippen LogP contribution in [0.15, 0.2) is 18.3 Å². The molecule has 5 nitrogen and oxygen atoms in total. The number of amides is 2. The van der Waals surface area contributed by atoms with Crippen LogP contribution in [0.5, 0.6) is 0 Å². The molecule has 0 aliphatic heterocycles. The molecule has 2 amide bonds. The molecule has 0 radical (unpaired) electrons. The number of rotatable bonds is 2. The van der Waals surface area contributed by atoms with Crippen LogP contribution in [0, 0.1) is 6.92 Å². The van der Waals surface area contributed by atoms with Crippen molar-refractivity contribution in [3.63, 3.8) is 0 Å². The van der Waals surface area contributed by atoms with E-state index in [0.29, 0.717) is 5.82 Å². The average molecular weight is 275 g/mol. The smallest absolute Gasteiger partial charge is 0.315 e. The standard InChI is InChI=1S/C15H21N3O2/c1-11-8-9-13(16-10-11)17-14(19)15(20)18(2)12-6-4-3-5-7-12/h8-10,12H,3-7H2,1-2H3,(H,16,17,19). The van der Waals surface area contributed by atoms with Crippen molar-refractivity contribution in [1.29, 1.82) is 0 Å². The van der Waals surface area contributed by atoms with Gasteiger partial charge < -0.3 is 10.2 Å². The molecule has 1 aliphatic carbocycles. The fourth-order valence-electron chi connectivity index (χ4n) is 2.51. The molecule has 20 heavy (non-hydrogen) atoms. The number of aryl methyl sites for hydroxylation is 1. The van der Waals surface area contributed by atoms with Gasteiger partial charge in [-0.1, -0.05) is 25.3 Å². The molecule has 0 bridgehead atoms. The van der Waals surface area contributed by atoms with Crippen molar-refractivity contribution < 1.29 is 9.59 Å². The Bertz CT molecular complexity index is 478. The van der Waals surface area contributed by atoms with Gasteiger partial charge in [-0.25, -0.2) is 4.98 Å². The highest BCUT2D eigenvalue weighted by Crippen LogP contribution is 2.21. The highest BCUT2D eigenvalue weighted by Gasteiger charge is 2.26. The maximum Gasteiger partial charge on any atom is 0.315 e. The van der Waals surface area contributed by atoms with Gasteiger partial charge >= 0.3 is 11.8 Å². The summed E-state index contributed by atoms with van der Waals surface area (Å²) >= 11 is 0. The summed E-state index contributed by atoms with van der Waals surface area (Å²) in [6, 6.07) is 3.73. The fraction of sp³-hybridized carbons (Fsp3) is 0.533. The largest absolute Gasteiger partial charge is 0.335 e. The first-order valence-electron chi connectivity index (χ1n) is 7.08. The summed E-state index contributed by atoms with van der Waals surface area (Å²) in [6.45, 7) is 1.92. The molecule has 0 atom stereocenters. The lowest BCUT2D eigenvalue weighted by Crippen LogP contribution is -2.44. The van der Waals surface area contributed by atoms with Gasteiger partial charge in [0.1, 0.15) is 5.82 Å². The number of nitrogens with one attached hydrogen (secondary N) is 1. The number of hydrogen-bond acceptors (Lipinski definition) is 3. The molecule has 0 aromatic carbocycles. The van der Waals surface area contributed by atoms with Gasteiger partial charge in [-0.2, -0.15) is 0 Å². The number of hydrogen-bond donors (Lipinski definition) is 1. The van der Waals surface area contributed by atoms with Crippen molar-refractivity contribution in [2.24, 2.45) is 0 Å². The lowest BCUT2D eigenvalue weighted by molar-refractivity contribution is -0.144. The van der Waals surface area contributed by atoms with Gasteiger partial charge in [0.25, 0.3) is 0 Å². The third-order valence-electron chi connectivity index (χ3n) is 3.79. The first-order valence-corrected chi connectivity index (χ1v) is 7.08. The number of likely N-dealkylation sites (N-methyl/N-ethyl adjacent to an activating group) is 1. The van der Waals surface area contributed by atoms with E-state index in [9.17, 15) is 9.59 Å². The van der Waals surface area contributed by atoms with Crippen LogP contribution in [0.1, 0.15) is 37.7 Å². The monoisotopic (exact) mass is 275 g/mol. The first-order chi connectivity index (χ1) is 9.58. The van der Waals surface area contributed by atoms with Crippen LogP contribution in [-0.4, -0.2) is 34.8 Å². The molecule has 1 fully saturated rings. The molecular weight excluding hydrogens is 254 g/mol. The van der Waals surface area contributed by atoms with E-state index in [2.05, 4.69) is 10.3 Å². The van der Waals surface area contributed by atoms with E-state index in [1.54, 1.807) is 24.2 Å². The summed E-state index contributed by atoms with van der Waals surface area (Å²) in [5, 5.41) is 2.55. The summed E-state index contributed by atoms with van der Waals surface area (Å²) in [5.41, 5.74) is 1.01. The summed E-state index contributed by atoms with van der Waals surface area (Å²) in [4.78, 5) is 29.7. The minimum Gasteiger partial charge on any atom is -0.335 e. The second-order valence-electron chi connectivity index (χ2n) is 5.38. The number of pyridine rings is 1. The SMILES string of the molecule is Cc1ccc(NC(=O)C(=O)N(C)C2CCCCC2)nc1. The van der Waals surface area contributed by atoms with E-state index in [-0.39, 0.29) is 6.04 Å². The van der Waals surface area contributed by atoms with E-state index in [4.69, 9.17) is 0 Å². The van der Waals surface area contributed by atoms with E-state index in [0.717, 1.165) is 31.2 Å². The van der Waals surface area contributed by atoms with Crippen LogP contribution in [0.3, 0.4) is 0 Å². The third kappa shape index (κ3) is 3.56. The zero-order valence-corrected chi connectivity index (χ0v) is 12.1. The molecule has 1 heterocycles. The van der Waals surface area contributed by atoms with Crippen molar-refractivity contribution in [1.82, 2.24) is 9.88 Å². The van der Waals surface area contributed by atoms with Gasteiger partial charge in [-0.3, -0.25) is 9.59 Å². The van der Waals surface area contributed by atoms with Crippen LogP contribution < -0.4 is 5.32 Å². The number of aromatic nitrogens is 1. The second-order valence-corrected chi connectivity index (χ2v) is 5.38. The lowest BCUT2D eigenvalue weighted by Gasteiger charge is -2.30. The van der Waals surface area contributed by atoms with Crippen LogP contribution in [-0.2, 0) is 9.59 Å². The molecule has 1 saturated carbocycles. The predicted molar refractivity (Wildman–Crippen MR) is 77.2 cm³/mol. The van der Waals surface area contributed by atoms with Gasteiger partial charge in [-0.05, 0) is 31.4 Å². The molecule has 0 saturated heterocycles. The van der Waals surface area contributed by atoms with Crippen LogP contribution >= 0.6 is 0 Å². The lowest BCUT2D eigenvalue weighted by atomic mass is 9.94. The van der Waals surface area contributed by atoms with Crippen molar-refractivity contribution >= 4 is 17.6 Å². The Morgan fingerprint density at radius 3 is 2.55 bits per heavy atom. The Hall–Kier alpha value is -1.91. The highest BCUT2D eigenvalue weighted by atomic mass is 16.2. The molecule has 108 valence electrons. The highest BCUT2D eigenvalue weighted by molar-refractivity contribution is 6.39. The Kier molecular flexibility index (Phi) is 4.71. The van der Waals surface area contributed by atoms with E-state index < -0.39 is 11.8 Å². The Balaban J connectivity index is 1.93. The van der Waals surface area contributed by atoms with Crippen molar-refractivity contribution in [3.8, 4) is 0 Å². The van der Waals surface area contributed by atoms with E-state index >= 15 is 0 Å². The summed E-state index contributed by atoms with van der Waals surface area (Å²) in [7, 11) is 1.71. The molecule has 0 spiro atoms. The van der Waals surface area contributed by atoms with Gasteiger partial charge in [0.15, 0.2) is 0 Å². The second kappa shape index (κ2) is 6.50. The molecule has 0 unspecified atom stereocenters. The van der Waals surface area contributed by atoms with Gasteiger partial charge in [0.05, 0.1) is 0 Å². The Morgan fingerprint density at radius 1 is 1.25 bits per heavy atom. The molecular formula is C15H21N3O2. The Morgan fingerprint density at radius 2 is 1.95 bits per heavy atom. The molecule has 2 rings (SSSR count). The summed E-state index contributed by atoms with van der Waals surface area (Å²) < 4.78 is 0. The Labute approximate surface area is 119 Å². The predicted octanol–water partition coefficient (Wildman–Crippen LogP) is 2.12. The summed E-state index contributed by atoms with van der Waals surface area (Å²) in [6.07, 6.45) is 7.10. The van der Waals surface area contributed by atoms with Crippen molar-refractivity contribution in [2.45, 2.75) is 45.1 Å². The van der Waals surface area contributed by atoms with Crippen molar-refractivity contribution in [2.75, 3.05) is 12.4 Å². The average Bonchev–Trinajstić information content (AvgIpc) is 2.49. The van der Waals surface area contributed by atoms with Crippen LogP contribution in [0.2, 0.25) is 0 Å². The molecule has 1 N–H and O–H groups in total. The van der Waals surface area contributed by atoms with Gasteiger partial charge in [0, 0.05) is 19.3 Å². The number of carbonyl (C=O) groups is 2. The van der Waals surface area contributed by atoms with E-state index in [1.807, 2.05) is 13.0 Å². The normalized spacial score (nSPS) is 15.7. The first kappa shape index (κ1) is 14.5. The van der Waals surface area contributed by atoms with Gasteiger partial charge in [0.2, 0.25) is 0 Å². The molecule has 1 aromatic rings. The molecule has 1 aliphatic rings. The minimum atomic E-state index is -0.616. The quantitative estimate of drug-likeness (QED) is 0.841. The van der Waals surface area contributed by atoms with Crippen LogP contribution in [0.25, 0.3) is 0 Å². The van der Waals surface area contributed by atoms with E-state index in [1.165, 1.54) is 6.42 Å². The zero-order chi connectivity index (χ0) is 14.5.